The molecule has 4 N–H and O–H groups in total. The number of nitrogens with one attached hydrogen (secondary N) is 2. The van der Waals surface area contributed by atoms with Gasteiger partial charge in [-0.1, -0.05) is 12.1 Å². The van der Waals surface area contributed by atoms with E-state index >= 15 is 0 Å². The zero-order chi connectivity index (χ0) is 11.4. The molecule has 0 atom stereocenters. The first-order valence-electron chi connectivity index (χ1n) is 4.60. The molecule has 0 spiro atoms. The van der Waals surface area contributed by atoms with E-state index in [-0.39, 0.29) is 0 Å². The summed E-state index contributed by atoms with van der Waals surface area (Å²) in [5.41, 5.74) is 3.40. The van der Waals surface area contributed by atoms with Crippen LogP contribution in [0.2, 0.25) is 0 Å². The number of nitrogen functional groups attached to an aromatic ring is 1. The van der Waals surface area contributed by atoms with E-state index in [9.17, 15) is 0 Å². The number of benzene rings is 1. The minimum Gasteiger partial charge on any atom is -0.339 e. The average Bonchev–Trinajstić information content (AvgIpc) is 2.32. The van der Waals surface area contributed by atoms with Crippen molar-refractivity contribution in [2.24, 2.45) is 5.84 Å². The highest BCUT2D eigenvalue weighted by Crippen LogP contribution is 2.24. The molecule has 0 radical (unpaired) electrons. The van der Waals surface area contributed by atoms with Crippen molar-refractivity contribution in [1.29, 1.82) is 0 Å². The fraction of sp³-hybridized carbons (Fsp3) is 0. The third-order valence-corrected chi connectivity index (χ3v) is 2.64. The molecule has 0 aliphatic heterocycles. The second-order valence-electron chi connectivity index (χ2n) is 3.04. The molecule has 1 heterocycles. The number of anilines is 3. The van der Waals surface area contributed by atoms with Gasteiger partial charge in [0, 0.05) is 10.5 Å². The number of rotatable bonds is 3. The Balaban J connectivity index is 2.24. The Labute approximate surface area is 101 Å². The van der Waals surface area contributed by atoms with Crippen molar-refractivity contribution in [3.8, 4) is 0 Å². The van der Waals surface area contributed by atoms with Crippen molar-refractivity contribution < 1.29 is 0 Å². The number of hydrazine groups is 1. The third kappa shape index (κ3) is 2.47. The van der Waals surface area contributed by atoms with Crippen LogP contribution in [0.5, 0.6) is 0 Å². The van der Waals surface area contributed by atoms with E-state index in [1.807, 2.05) is 24.3 Å². The van der Waals surface area contributed by atoms with Gasteiger partial charge in [0.1, 0.15) is 18.0 Å². The SMILES string of the molecule is NNc1cc(Nc2ccccc2Br)ncn1. The van der Waals surface area contributed by atoms with Gasteiger partial charge in [-0.05, 0) is 28.1 Å². The Hall–Kier alpha value is -1.66. The van der Waals surface area contributed by atoms with Crippen LogP contribution in [0, 0.1) is 0 Å². The van der Waals surface area contributed by atoms with Gasteiger partial charge in [-0.25, -0.2) is 15.8 Å². The first-order valence-corrected chi connectivity index (χ1v) is 5.39. The number of hydrogen-bond acceptors (Lipinski definition) is 5. The van der Waals surface area contributed by atoms with Crippen LogP contribution in [0.1, 0.15) is 0 Å². The van der Waals surface area contributed by atoms with E-state index in [0.29, 0.717) is 11.6 Å². The van der Waals surface area contributed by atoms with E-state index < -0.39 is 0 Å². The summed E-state index contributed by atoms with van der Waals surface area (Å²) in [4.78, 5) is 8.01. The van der Waals surface area contributed by atoms with E-state index in [1.54, 1.807) is 6.07 Å². The molecule has 16 heavy (non-hydrogen) atoms. The van der Waals surface area contributed by atoms with Crippen molar-refractivity contribution in [3.63, 3.8) is 0 Å². The van der Waals surface area contributed by atoms with Crippen molar-refractivity contribution in [2.45, 2.75) is 0 Å². The Morgan fingerprint density at radius 1 is 1.12 bits per heavy atom. The molecule has 0 aliphatic rings. The first kappa shape index (κ1) is 10.8. The lowest BCUT2D eigenvalue weighted by molar-refractivity contribution is 1.14. The van der Waals surface area contributed by atoms with E-state index in [4.69, 9.17) is 5.84 Å². The number of para-hydroxylation sites is 1. The van der Waals surface area contributed by atoms with Crippen LogP contribution in [0.4, 0.5) is 17.3 Å². The number of nitrogens with zero attached hydrogens (tertiary/aromatic N) is 2. The lowest BCUT2D eigenvalue weighted by Crippen LogP contribution is -2.09. The van der Waals surface area contributed by atoms with Crippen LogP contribution in [0.3, 0.4) is 0 Å². The molecule has 2 rings (SSSR count). The van der Waals surface area contributed by atoms with Gasteiger partial charge in [0.25, 0.3) is 0 Å². The van der Waals surface area contributed by atoms with E-state index in [0.717, 1.165) is 10.2 Å². The quantitative estimate of drug-likeness (QED) is 0.594. The van der Waals surface area contributed by atoms with Gasteiger partial charge in [-0.15, -0.1) is 0 Å². The van der Waals surface area contributed by atoms with Crippen LogP contribution in [0.15, 0.2) is 41.1 Å². The summed E-state index contributed by atoms with van der Waals surface area (Å²) in [7, 11) is 0. The van der Waals surface area contributed by atoms with Gasteiger partial charge in [0.05, 0.1) is 5.69 Å². The molecule has 0 unspecified atom stereocenters. The molecule has 6 heteroatoms. The smallest absolute Gasteiger partial charge is 0.145 e. The molecule has 0 saturated heterocycles. The monoisotopic (exact) mass is 279 g/mol. The maximum atomic E-state index is 5.26. The molecule has 0 amide bonds. The zero-order valence-corrected chi connectivity index (χ0v) is 9.90. The standard InChI is InChI=1S/C10H10BrN5/c11-7-3-1-2-4-8(7)15-9-5-10(16-12)14-6-13-9/h1-6H,12H2,(H2,13,14,15,16). The minimum atomic E-state index is 0.560. The molecule has 1 aromatic heterocycles. The summed E-state index contributed by atoms with van der Waals surface area (Å²) in [6, 6.07) is 9.51. The fourth-order valence-corrected chi connectivity index (χ4v) is 1.59. The molecular weight excluding hydrogens is 270 g/mol. The molecule has 1 aromatic carbocycles. The number of aromatic nitrogens is 2. The van der Waals surface area contributed by atoms with Crippen LogP contribution < -0.4 is 16.6 Å². The Morgan fingerprint density at radius 3 is 2.62 bits per heavy atom. The summed E-state index contributed by atoms with van der Waals surface area (Å²) >= 11 is 3.44. The van der Waals surface area contributed by atoms with Gasteiger partial charge >= 0.3 is 0 Å². The minimum absolute atomic E-state index is 0.560. The lowest BCUT2D eigenvalue weighted by atomic mass is 10.3. The maximum absolute atomic E-state index is 5.26. The van der Waals surface area contributed by atoms with Crippen LogP contribution in [0.25, 0.3) is 0 Å². The Bertz CT molecular complexity index is 488. The number of hydrogen-bond donors (Lipinski definition) is 3. The highest BCUT2D eigenvalue weighted by molar-refractivity contribution is 9.10. The maximum Gasteiger partial charge on any atom is 0.145 e. The predicted molar refractivity (Wildman–Crippen MR) is 67.3 cm³/mol. The van der Waals surface area contributed by atoms with Crippen LogP contribution in [-0.4, -0.2) is 9.97 Å². The normalized spacial score (nSPS) is 9.88. The van der Waals surface area contributed by atoms with Crippen LogP contribution in [-0.2, 0) is 0 Å². The highest BCUT2D eigenvalue weighted by Gasteiger charge is 2.01. The molecule has 82 valence electrons. The summed E-state index contributed by atoms with van der Waals surface area (Å²) in [6.45, 7) is 0. The highest BCUT2D eigenvalue weighted by atomic mass is 79.9. The van der Waals surface area contributed by atoms with Crippen molar-refractivity contribution >= 4 is 33.3 Å². The zero-order valence-electron chi connectivity index (χ0n) is 8.31. The Kier molecular flexibility index (Phi) is 3.33. The predicted octanol–water partition coefficient (Wildman–Crippen LogP) is 2.27. The number of halogens is 1. The molecule has 0 aliphatic carbocycles. The number of nitrogens with two attached hydrogens (primary N) is 1. The van der Waals surface area contributed by atoms with Crippen molar-refractivity contribution in [3.05, 3.63) is 41.1 Å². The molecule has 2 aromatic rings. The van der Waals surface area contributed by atoms with Crippen molar-refractivity contribution in [1.82, 2.24) is 9.97 Å². The van der Waals surface area contributed by atoms with Gasteiger partial charge in [-0.2, -0.15) is 0 Å². The molecule has 0 bridgehead atoms. The summed E-state index contributed by atoms with van der Waals surface area (Å²) in [5.74, 6) is 6.50. The summed E-state index contributed by atoms with van der Waals surface area (Å²) in [6.07, 6.45) is 1.44. The average molecular weight is 280 g/mol. The van der Waals surface area contributed by atoms with Gasteiger partial charge in [0.2, 0.25) is 0 Å². The molecule has 0 fully saturated rings. The lowest BCUT2D eigenvalue weighted by Gasteiger charge is -2.07. The summed E-state index contributed by atoms with van der Waals surface area (Å²) in [5, 5.41) is 3.15. The molecular formula is C10H10BrN5. The molecule has 0 saturated carbocycles. The second kappa shape index (κ2) is 4.91. The fourth-order valence-electron chi connectivity index (χ4n) is 1.21. The van der Waals surface area contributed by atoms with E-state index in [1.165, 1.54) is 6.33 Å². The van der Waals surface area contributed by atoms with Gasteiger partial charge in [0.15, 0.2) is 0 Å². The van der Waals surface area contributed by atoms with Crippen molar-refractivity contribution in [2.75, 3.05) is 10.7 Å². The van der Waals surface area contributed by atoms with Crippen LogP contribution >= 0.6 is 15.9 Å². The first-order chi connectivity index (χ1) is 7.79. The van der Waals surface area contributed by atoms with E-state index in [2.05, 4.69) is 36.6 Å². The Morgan fingerprint density at radius 2 is 1.88 bits per heavy atom. The second-order valence-corrected chi connectivity index (χ2v) is 3.89. The van der Waals surface area contributed by atoms with Gasteiger partial charge < -0.3 is 10.7 Å². The summed E-state index contributed by atoms with van der Waals surface area (Å²) < 4.78 is 0.968. The third-order valence-electron chi connectivity index (χ3n) is 1.95. The topological polar surface area (TPSA) is 75.9 Å². The van der Waals surface area contributed by atoms with Gasteiger partial charge in [-0.3, -0.25) is 0 Å². The largest absolute Gasteiger partial charge is 0.339 e. The molecule has 5 nitrogen and oxygen atoms in total.